The molecule has 0 saturated carbocycles. The van der Waals surface area contributed by atoms with Crippen LogP contribution in [0.1, 0.15) is 16.1 Å². The van der Waals surface area contributed by atoms with Crippen molar-refractivity contribution in [3.63, 3.8) is 0 Å². The average molecular weight is 409 g/mol. The summed E-state index contributed by atoms with van der Waals surface area (Å²) >= 11 is 0. The number of fused-ring (bicyclic) bond motifs is 1. The number of aromatic amines is 1. The number of H-pyrrole nitrogens is 1. The highest BCUT2D eigenvalue weighted by Gasteiger charge is 2.16. The van der Waals surface area contributed by atoms with Crippen LogP contribution in [0, 0.1) is 5.82 Å². The number of aromatic nitrogens is 3. The summed E-state index contributed by atoms with van der Waals surface area (Å²) in [5, 5.41) is 18.5. The van der Waals surface area contributed by atoms with Crippen LogP contribution in [0.5, 0.6) is 0 Å². The summed E-state index contributed by atoms with van der Waals surface area (Å²) in [7, 11) is 1.92. The quantitative estimate of drug-likeness (QED) is 0.385. The number of rotatable bonds is 4. The summed E-state index contributed by atoms with van der Waals surface area (Å²) in [6.07, 6.45) is 3.34. The predicted molar refractivity (Wildman–Crippen MR) is 112 cm³/mol. The minimum absolute atomic E-state index is 0.133. The molecule has 0 unspecified atom stereocenters. The highest BCUT2D eigenvalue weighted by atomic mass is 19.1. The van der Waals surface area contributed by atoms with Crippen LogP contribution in [0.2, 0.25) is 0 Å². The van der Waals surface area contributed by atoms with E-state index in [2.05, 4.69) is 15.5 Å². The summed E-state index contributed by atoms with van der Waals surface area (Å²) in [6, 6.07) is 13.5. The van der Waals surface area contributed by atoms with E-state index in [0.717, 1.165) is 16.5 Å². The lowest BCUT2D eigenvalue weighted by Gasteiger charge is -2.03. The van der Waals surface area contributed by atoms with E-state index < -0.39 is 5.97 Å². The molecule has 0 radical (unpaired) electrons. The van der Waals surface area contributed by atoms with E-state index in [9.17, 15) is 14.0 Å². The van der Waals surface area contributed by atoms with E-state index in [1.807, 2.05) is 42.1 Å². The number of anilines is 2. The minimum atomic E-state index is -1.17. The third-order valence-electron chi connectivity index (χ3n) is 4.33. The number of nitrogen functional groups attached to an aromatic ring is 1. The minimum Gasteiger partial charge on any atom is -0.476 e. The molecule has 1 amide bonds. The second kappa shape index (κ2) is 8.91. The number of nitrogens with one attached hydrogen (secondary N) is 2. The van der Waals surface area contributed by atoms with Crippen molar-refractivity contribution in [2.24, 2.45) is 7.05 Å². The average Bonchev–Trinajstić information content (AvgIpc) is 3.30. The third-order valence-corrected chi connectivity index (χ3v) is 4.33. The number of benzene rings is 2. The van der Waals surface area contributed by atoms with Gasteiger partial charge in [-0.05, 0) is 35.9 Å². The molecule has 0 bridgehead atoms. The van der Waals surface area contributed by atoms with E-state index in [1.165, 1.54) is 30.5 Å². The summed E-state index contributed by atoms with van der Waals surface area (Å²) in [4.78, 5) is 23.1. The maximum absolute atomic E-state index is 12.2. The lowest BCUT2D eigenvalue weighted by molar-refractivity contribution is -0.115. The van der Waals surface area contributed by atoms with Crippen LogP contribution in [-0.2, 0) is 18.3 Å². The molecule has 30 heavy (non-hydrogen) atoms. The number of amides is 1. The van der Waals surface area contributed by atoms with Crippen molar-refractivity contribution in [3.05, 3.63) is 78.0 Å². The van der Waals surface area contributed by atoms with Crippen molar-refractivity contribution in [1.82, 2.24) is 14.8 Å². The molecule has 0 atom stereocenters. The lowest BCUT2D eigenvalue weighted by atomic mass is 10.1. The molecule has 2 aromatic carbocycles. The number of para-hydroxylation sites is 1. The van der Waals surface area contributed by atoms with Crippen LogP contribution >= 0.6 is 0 Å². The number of nitrogens with zero attached hydrogens (tertiary/aromatic N) is 2. The van der Waals surface area contributed by atoms with Crippen LogP contribution in [0.15, 0.2) is 60.9 Å². The number of hydrogen-bond acceptors (Lipinski definition) is 4. The fourth-order valence-corrected chi connectivity index (χ4v) is 2.94. The van der Waals surface area contributed by atoms with Gasteiger partial charge in [0.05, 0.1) is 18.3 Å². The SMILES string of the molecule is Cn1cc(CC(=O)Nc2cn[nH]c2C(=O)O)c2ccccc21.Nc1ccc(F)cc1. The van der Waals surface area contributed by atoms with Crippen LogP contribution in [-0.4, -0.2) is 31.7 Å². The van der Waals surface area contributed by atoms with Crippen molar-refractivity contribution >= 4 is 34.2 Å². The molecule has 0 aliphatic heterocycles. The Kier molecular flexibility index (Phi) is 6.11. The van der Waals surface area contributed by atoms with Gasteiger partial charge in [-0.15, -0.1) is 0 Å². The summed E-state index contributed by atoms with van der Waals surface area (Å²) in [6.45, 7) is 0. The van der Waals surface area contributed by atoms with Gasteiger partial charge >= 0.3 is 5.97 Å². The Balaban J connectivity index is 0.000000269. The number of hydrogen-bond donors (Lipinski definition) is 4. The Hall–Kier alpha value is -4.14. The van der Waals surface area contributed by atoms with Gasteiger partial charge in [0, 0.05) is 29.8 Å². The molecular weight excluding hydrogens is 389 g/mol. The number of halogens is 1. The third kappa shape index (κ3) is 4.82. The van der Waals surface area contributed by atoms with E-state index in [-0.39, 0.29) is 29.5 Å². The number of carbonyl (C=O) groups excluding carboxylic acids is 1. The van der Waals surface area contributed by atoms with Crippen molar-refractivity contribution in [1.29, 1.82) is 0 Å². The Morgan fingerprint density at radius 3 is 2.57 bits per heavy atom. The van der Waals surface area contributed by atoms with Gasteiger partial charge in [0.2, 0.25) is 5.91 Å². The first kappa shape index (κ1) is 20.6. The predicted octanol–water partition coefficient (Wildman–Crippen LogP) is 3.19. The zero-order chi connectivity index (χ0) is 21.7. The normalized spacial score (nSPS) is 10.3. The molecule has 8 nitrogen and oxygen atoms in total. The molecule has 2 aromatic heterocycles. The fraction of sp³-hybridized carbons (Fsp3) is 0.0952. The molecule has 154 valence electrons. The zero-order valence-electron chi connectivity index (χ0n) is 16.1. The molecule has 4 aromatic rings. The second-order valence-corrected chi connectivity index (χ2v) is 6.52. The van der Waals surface area contributed by atoms with Crippen LogP contribution < -0.4 is 11.1 Å². The first-order valence-corrected chi connectivity index (χ1v) is 8.95. The zero-order valence-corrected chi connectivity index (χ0v) is 16.1. The molecule has 4 rings (SSSR count). The molecule has 0 aliphatic rings. The largest absolute Gasteiger partial charge is 0.476 e. The van der Waals surface area contributed by atoms with Crippen LogP contribution in [0.4, 0.5) is 15.8 Å². The molecule has 0 saturated heterocycles. The van der Waals surface area contributed by atoms with Gasteiger partial charge in [-0.3, -0.25) is 9.89 Å². The Morgan fingerprint density at radius 2 is 1.90 bits per heavy atom. The highest BCUT2D eigenvalue weighted by molar-refractivity contribution is 6.00. The monoisotopic (exact) mass is 409 g/mol. The second-order valence-electron chi connectivity index (χ2n) is 6.52. The highest BCUT2D eigenvalue weighted by Crippen LogP contribution is 2.21. The van der Waals surface area contributed by atoms with Gasteiger partial charge in [-0.1, -0.05) is 18.2 Å². The van der Waals surface area contributed by atoms with Gasteiger partial charge < -0.3 is 20.7 Å². The number of aromatic carboxylic acids is 1. The molecule has 9 heteroatoms. The number of carboxylic acid groups (broad SMARTS) is 1. The van der Waals surface area contributed by atoms with E-state index in [4.69, 9.17) is 10.8 Å². The van der Waals surface area contributed by atoms with Gasteiger partial charge in [-0.2, -0.15) is 5.10 Å². The van der Waals surface area contributed by atoms with E-state index in [0.29, 0.717) is 5.69 Å². The van der Waals surface area contributed by atoms with E-state index >= 15 is 0 Å². The fourth-order valence-electron chi connectivity index (χ4n) is 2.94. The number of carboxylic acids is 1. The molecule has 0 fully saturated rings. The van der Waals surface area contributed by atoms with Crippen molar-refractivity contribution in [2.45, 2.75) is 6.42 Å². The Morgan fingerprint density at radius 1 is 1.20 bits per heavy atom. The standard InChI is InChI=1S/C15H14N4O3.C6H6FN/c1-19-8-9(10-4-2-3-5-12(10)19)6-13(20)17-11-7-16-18-14(11)15(21)22;7-5-1-3-6(8)4-2-5/h2-5,7-8H,6H2,1H3,(H,16,18)(H,17,20)(H,21,22);1-4H,8H2. The van der Waals surface area contributed by atoms with E-state index in [1.54, 1.807) is 0 Å². The summed E-state index contributed by atoms with van der Waals surface area (Å²) < 4.78 is 14.0. The molecule has 0 spiro atoms. The maximum Gasteiger partial charge on any atom is 0.356 e. The Bertz CT molecular complexity index is 1160. The summed E-state index contributed by atoms with van der Waals surface area (Å²) in [5.74, 6) is -1.71. The van der Waals surface area contributed by atoms with Crippen molar-refractivity contribution in [2.75, 3.05) is 11.1 Å². The van der Waals surface area contributed by atoms with Gasteiger partial charge in [0.1, 0.15) is 5.82 Å². The van der Waals surface area contributed by atoms with Gasteiger partial charge in [0.25, 0.3) is 0 Å². The maximum atomic E-state index is 12.2. The van der Waals surface area contributed by atoms with Gasteiger partial charge in [0.15, 0.2) is 5.69 Å². The first-order chi connectivity index (χ1) is 14.3. The smallest absolute Gasteiger partial charge is 0.356 e. The van der Waals surface area contributed by atoms with Crippen LogP contribution in [0.25, 0.3) is 10.9 Å². The lowest BCUT2D eigenvalue weighted by Crippen LogP contribution is -2.16. The number of aryl methyl sites for hydroxylation is 1. The first-order valence-electron chi connectivity index (χ1n) is 8.95. The van der Waals surface area contributed by atoms with Crippen molar-refractivity contribution in [3.8, 4) is 0 Å². The molecule has 2 heterocycles. The van der Waals surface area contributed by atoms with Crippen molar-refractivity contribution < 1.29 is 19.1 Å². The number of carbonyl (C=O) groups is 2. The van der Waals surface area contributed by atoms with Gasteiger partial charge in [-0.25, -0.2) is 9.18 Å². The molecule has 0 aliphatic carbocycles. The van der Waals surface area contributed by atoms with Crippen LogP contribution in [0.3, 0.4) is 0 Å². The molecule has 5 N–H and O–H groups in total. The topological polar surface area (TPSA) is 126 Å². The number of nitrogens with two attached hydrogens (primary N) is 1. The summed E-state index contributed by atoms with van der Waals surface area (Å²) in [5.41, 5.74) is 7.81. The molecular formula is C21H20FN5O3. The Labute approximate surface area is 171 Å².